The van der Waals surface area contributed by atoms with Crippen LogP contribution in [-0.2, 0) is 4.74 Å². The molecule has 0 amide bonds. The average molecular weight is 673 g/mol. The van der Waals surface area contributed by atoms with E-state index in [0.717, 1.165) is 37.8 Å². The van der Waals surface area contributed by atoms with Gasteiger partial charge in [0.2, 0.25) is 11.6 Å². The zero-order chi connectivity index (χ0) is 34.4. The Bertz CT molecular complexity index is 1610. The first kappa shape index (κ1) is 35.3. The molecule has 3 nitrogen and oxygen atoms in total. The largest absolute Gasteiger partial charge is 0.494 e. The number of ether oxygens (including phenoxy) is 2. The second-order valence-corrected chi connectivity index (χ2v) is 10.5. The fourth-order valence-electron chi connectivity index (χ4n) is 4.76. The maximum absolute atomic E-state index is 14.7. The molecule has 0 atom stereocenters. The van der Waals surface area contributed by atoms with Gasteiger partial charge in [-0.1, -0.05) is 63.3 Å². The molecule has 0 saturated heterocycles. The predicted octanol–water partition coefficient (Wildman–Crippen LogP) is 10.4. The van der Waals surface area contributed by atoms with Crippen LogP contribution < -0.4 is 4.74 Å². The lowest BCUT2D eigenvalue weighted by Crippen LogP contribution is -2.22. The minimum atomic E-state index is -3.31. The lowest BCUT2D eigenvalue weighted by atomic mass is 9.97. The second-order valence-electron chi connectivity index (χ2n) is 10.5. The summed E-state index contributed by atoms with van der Waals surface area (Å²) in [4.78, 5) is 13.0. The normalized spacial score (nSPS) is 11.3. The molecule has 13 heteroatoms. The summed E-state index contributed by atoms with van der Waals surface area (Å²) in [6.07, 6.45) is 3.32. The average Bonchev–Trinajstić information content (AvgIpc) is 3.08. The Balaban J connectivity index is 1.59. The summed E-state index contributed by atoms with van der Waals surface area (Å²) in [5, 5.41) is 0. The molecule has 0 fully saturated rings. The smallest absolute Gasteiger partial charge is 0.339 e. The molecule has 47 heavy (non-hydrogen) atoms. The number of benzene rings is 4. The monoisotopic (exact) mass is 672 g/mol. The predicted molar refractivity (Wildman–Crippen MR) is 150 cm³/mol. The number of unbranched alkanes of at least 4 members (excludes halogenated alkanes) is 5. The van der Waals surface area contributed by atoms with E-state index < -0.39 is 86.9 Å². The van der Waals surface area contributed by atoms with Gasteiger partial charge in [-0.2, -0.15) is 0 Å². The number of esters is 1. The quantitative estimate of drug-likeness (QED) is 0.0466. The lowest BCUT2D eigenvalue weighted by molar-refractivity contribution is 0.0345. The minimum absolute atomic E-state index is 0.467. The van der Waals surface area contributed by atoms with Gasteiger partial charge in [0.25, 0.3) is 0 Å². The lowest BCUT2D eigenvalue weighted by Gasteiger charge is -2.22. The fourth-order valence-corrected chi connectivity index (χ4v) is 4.76. The highest BCUT2D eigenvalue weighted by molar-refractivity contribution is 5.90. The Morgan fingerprint density at radius 3 is 1.36 bits per heavy atom. The third-order valence-corrected chi connectivity index (χ3v) is 7.31. The second kappa shape index (κ2) is 15.4. The Hall–Kier alpha value is -4.55. The van der Waals surface area contributed by atoms with E-state index in [4.69, 9.17) is 9.47 Å². The molecule has 0 unspecified atom stereocenters. The van der Waals surface area contributed by atoms with Crippen molar-refractivity contribution < 1.29 is 58.2 Å². The third kappa shape index (κ3) is 7.55. The first-order chi connectivity index (χ1) is 22.4. The van der Waals surface area contributed by atoms with Crippen molar-refractivity contribution in [1.82, 2.24) is 0 Å². The Morgan fingerprint density at radius 2 is 0.915 bits per heavy atom. The van der Waals surface area contributed by atoms with Crippen LogP contribution in [0.5, 0.6) is 5.75 Å². The zero-order valence-electron chi connectivity index (χ0n) is 24.7. The van der Waals surface area contributed by atoms with E-state index in [9.17, 15) is 48.7 Å². The molecule has 0 aliphatic heterocycles. The Labute approximate surface area is 262 Å². The molecule has 0 bridgehead atoms. The summed E-state index contributed by atoms with van der Waals surface area (Å²) < 4.78 is 153. The molecule has 0 saturated carbocycles. The minimum Gasteiger partial charge on any atom is -0.494 e. The molecule has 0 heterocycles. The van der Waals surface area contributed by atoms with Crippen LogP contribution in [0, 0.1) is 58.2 Å². The first-order valence-electron chi connectivity index (χ1n) is 14.5. The van der Waals surface area contributed by atoms with Crippen LogP contribution in [0.25, 0.3) is 11.1 Å². The van der Waals surface area contributed by atoms with Crippen molar-refractivity contribution in [3.63, 3.8) is 0 Å². The zero-order valence-corrected chi connectivity index (χ0v) is 24.7. The molecule has 4 aromatic rings. The van der Waals surface area contributed by atoms with Crippen molar-refractivity contribution in [2.75, 3.05) is 6.61 Å². The van der Waals surface area contributed by atoms with E-state index in [1.807, 2.05) is 0 Å². The fraction of sp³-hybridized carbons (Fsp3) is 0.265. The molecule has 4 rings (SSSR count). The highest BCUT2D eigenvalue weighted by Gasteiger charge is 2.39. The van der Waals surface area contributed by atoms with Gasteiger partial charge in [0.1, 0.15) is 5.75 Å². The molecule has 0 aliphatic rings. The third-order valence-electron chi connectivity index (χ3n) is 7.31. The highest BCUT2D eigenvalue weighted by atomic mass is 19.2. The number of carbonyl (C=O) groups is 1. The summed E-state index contributed by atoms with van der Waals surface area (Å²) in [6, 6.07) is 11.8. The van der Waals surface area contributed by atoms with Crippen molar-refractivity contribution in [2.24, 2.45) is 0 Å². The van der Waals surface area contributed by atoms with Crippen LogP contribution in [0.2, 0.25) is 0 Å². The summed E-state index contributed by atoms with van der Waals surface area (Å²) in [5.41, 5.74) is -3.61. The van der Waals surface area contributed by atoms with Crippen LogP contribution >= 0.6 is 0 Å². The topological polar surface area (TPSA) is 35.5 Å². The SMILES string of the molecule is CCCCCCCCOc1ccc(-c2ccc(C(=O)OC(c3c(F)c(F)c(F)c(F)c3F)c3c(F)c(F)c(F)c(F)c3F)cc2)cc1. The molecule has 0 aliphatic carbocycles. The molecular formula is C34H26F10O3. The summed E-state index contributed by atoms with van der Waals surface area (Å²) in [7, 11) is 0. The van der Waals surface area contributed by atoms with E-state index in [2.05, 4.69) is 6.92 Å². The maximum Gasteiger partial charge on any atom is 0.339 e. The molecule has 4 aromatic carbocycles. The van der Waals surface area contributed by atoms with Crippen LogP contribution in [0.4, 0.5) is 43.9 Å². The van der Waals surface area contributed by atoms with Gasteiger partial charge in [0, 0.05) is 0 Å². The van der Waals surface area contributed by atoms with E-state index >= 15 is 0 Å². The van der Waals surface area contributed by atoms with Crippen molar-refractivity contribution in [3.05, 3.63) is 123 Å². The van der Waals surface area contributed by atoms with Crippen molar-refractivity contribution in [3.8, 4) is 16.9 Å². The Morgan fingerprint density at radius 1 is 0.532 bits per heavy atom. The van der Waals surface area contributed by atoms with Gasteiger partial charge in [0.05, 0.1) is 23.3 Å². The van der Waals surface area contributed by atoms with Gasteiger partial charge >= 0.3 is 5.97 Å². The summed E-state index contributed by atoms with van der Waals surface area (Å²) in [6.45, 7) is 2.68. The van der Waals surface area contributed by atoms with Crippen molar-refractivity contribution in [2.45, 2.75) is 51.6 Å². The van der Waals surface area contributed by atoms with Gasteiger partial charge in [0.15, 0.2) is 52.6 Å². The first-order valence-corrected chi connectivity index (χ1v) is 14.5. The van der Waals surface area contributed by atoms with Gasteiger partial charge in [-0.05, 0) is 41.8 Å². The van der Waals surface area contributed by atoms with E-state index in [-0.39, 0.29) is 0 Å². The van der Waals surface area contributed by atoms with Gasteiger partial charge in [-0.15, -0.1) is 0 Å². The standard InChI is InChI=1S/C34H26F10O3/c1-2-3-4-5-6-7-16-46-20-14-12-18(13-15-20)17-8-10-19(11-9-17)34(45)47-33(21-23(35)27(39)31(43)28(40)24(21)36)22-25(37)29(41)32(44)30(42)26(22)38/h8-15,33H,2-7,16H2,1H3. The number of halogens is 10. The number of rotatable bonds is 13. The van der Waals surface area contributed by atoms with Gasteiger partial charge < -0.3 is 9.47 Å². The van der Waals surface area contributed by atoms with Crippen molar-refractivity contribution in [1.29, 1.82) is 0 Å². The van der Waals surface area contributed by atoms with Gasteiger partial charge in [-0.3, -0.25) is 0 Å². The van der Waals surface area contributed by atoms with Gasteiger partial charge in [-0.25, -0.2) is 48.7 Å². The van der Waals surface area contributed by atoms with Crippen LogP contribution in [0.1, 0.15) is 73.0 Å². The molecule has 0 spiro atoms. The van der Waals surface area contributed by atoms with Crippen LogP contribution in [-0.4, -0.2) is 12.6 Å². The highest BCUT2D eigenvalue weighted by Crippen LogP contribution is 2.39. The molecule has 0 aromatic heterocycles. The van der Waals surface area contributed by atoms with E-state index in [1.165, 1.54) is 25.0 Å². The molecule has 0 N–H and O–H groups in total. The molecular weight excluding hydrogens is 646 g/mol. The number of hydrogen-bond donors (Lipinski definition) is 0. The van der Waals surface area contributed by atoms with E-state index in [0.29, 0.717) is 23.5 Å². The van der Waals surface area contributed by atoms with E-state index in [1.54, 1.807) is 24.3 Å². The Kier molecular flexibility index (Phi) is 11.5. The number of carbonyl (C=O) groups excluding carboxylic acids is 1. The summed E-state index contributed by atoms with van der Waals surface area (Å²) >= 11 is 0. The van der Waals surface area contributed by atoms with Crippen LogP contribution in [0.15, 0.2) is 48.5 Å². The maximum atomic E-state index is 14.7. The van der Waals surface area contributed by atoms with Crippen LogP contribution in [0.3, 0.4) is 0 Å². The molecule has 250 valence electrons. The number of hydrogen-bond acceptors (Lipinski definition) is 3. The van der Waals surface area contributed by atoms with Crippen molar-refractivity contribution >= 4 is 5.97 Å². The molecule has 0 radical (unpaired) electrons. The summed E-state index contributed by atoms with van der Waals surface area (Å²) in [5.74, 6) is -27.8.